The van der Waals surface area contributed by atoms with Gasteiger partial charge in [-0.15, -0.1) is 0 Å². The molecule has 3 heteroatoms. The normalized spacial score (nSPS) is 39.8. The highest BCUT2D eigenvalue weighted by atomic mass is 15.1. The average molecular weight is 115 g/mol. The van der Waals surface area contributed by atoms with E-state index < -0.39 is 0 Å². The van der Waals surface area contributed by atoms with Crippen LogP contribution in [0.5, 0.6) is 0 Å². The standard InChI is InChI=1S/C5H13N3/c1-4-2-7-3-5(6)8-4/h4-5,7-8H,2-3,6H2,1H3/t4-,5-/m1/s1. The lowest BCUT2D eigenvalue weighted by Gasteiger charge is -2.26. The number of nitrogens with two attached hydrogens (primary N) is 1. The lowest BCUT2D eigenvalue weighted by Crippen LogP contribution is -2.57. The third-order valence-electron chi connectivity index (χ3n) is 1.31. The summed E-state index contributed by atoms with van der Waals surface area (Å²) in [6.07, 6.45) is 0.152. The van der Waals surface area contributed by atoms with E-state index in [1.165, 1.54) is 0 Å². The number of nitrogens with one attached hydrogen (secondary N) is 2. The van der Waals surface area contributed by atoms with Gasteiger partial charge in [0.2, 0.25) is 0 Å². The highest BCUT2D eigenvalue weighted by Crippen LogP contribution is 1.85. The van der Waals surface area contributed by atoms with Crippen LogP contribution in [0, 0.1) is 0 Å². The number of hydrogen-bond acceptors (Lipinski definition) is 3. The molecule has 1 rings (SSSR count). The van der Waals surface area contributed by atoms with Crippen molar-refractivity contribution in [2.75, 3.05) is 13.1 Å². The fraction of sp³-hybridized carbons (Fsp3) is 1.00. The topological polar surface area (TPSA) is 50.1 Å². The number of piperazine rings is 1. The molecule has 8 heavy (non-hydrogen) atoms. The van der Waals surface area contributed by atoms with E-state index in [9.17, 15) is 0 Å². The van der Waals surface area contributed by atoms with Crippen molar-refractivity contribution in [2.24, 2.45) is 5.73 Å². The Bertz CT molecular complexity index is 66.1. The molecule has 1 aliphatic rings. The molecule has 0 unspecified atom stereocenters. The Balaban J connectivity index is 2.23. The van der Waals surface area contributed by atoms with Crippen molar-refractivity contribution >= 4 is 0 Å². The summed E-state index contributed by atoms with van der Waals surface area (Å²) in [7, 11) is 0. The molecule has 1 saturated heterocycles. The van der Waals surface area contributed by atoms with Crippen molar-refractivity contribution in [3.8, 4) is 0 Å². The summed E-state index contributed by atoms with van der Waals surface area (Å²) >= 11 is 0. The van der Waals surface area contributed by atoms with Gasteiger partial charge in [0.05, 0.1) is 6.17 Å². The van der Waals surface area contributed by atoms with E-state index in [1.807, 2.05) is 0 Å². The predicted molar refractivity (Wildman–Crippen MR) is 33.4 cm³/mol. The Kier molecular flexibility index (Phi) is 1.83. The van der Waals surface area contributed by atoms with Crippen LogP contribution >= 0.6 is 0 Å². The SMILES string of the molecule is C[C@@H]1CNC[C@H](N)N1. The molecule has 0 aromatic rings. The van der Waals surface area contributed by atoms with E-state index in [4.69, 9.17) is 5.73 Å². The van der Waals surface area contributed by atoms with Gasteiger partial charge in [-0.2, -0.15) is 0 Å². The van der Waals surface area contributed by atoms with Gasteiger partial charge in [0.1, 0.15) is 0 Å². The Morgan fingerprint density at radius 3 is 2.62 bits per heavy atom. The van der Waals surface area contributed by atoms with Crippen LogP contribution in [0.2, 0.25) is 0 Å². The third kappa shape index (κ3) is 1.43. The monoisotopic (exact) mass is 115 g/mol. The molecule has 2 atom stereocenters. The Labute approximate surface area is 49.6 Å². The van der Waals surface area contributed by atoms with Gasteiger partial charge in [0, 0.05) is 19.1 Å². The van der Waals surface area contributed by atoms with Crippen molar-refractivity contribution in [3.63, 3.8) is 0 Å². The highest BCUT2D eigenvalue weighted by Gasteiger charge is 2.11. The van der Waals surface area contributed by atoms with E-state index in [2.05, 4.69) is 17.6 Å². The van der Waals surface area contributed by atoms with Crippen LogP contribution in [0.3, 0.4) is 0 Å². The highest BCUT2D eigenvalue weighted by molar-refractivity contribution is 4.75. The third-order valence-corrected chi connectivity index (χ3v) is 1.31. The first-order chi connectivity index (χ1) is 3.79. The minimum Gasteiger partial charge on any atom is -0.315 e. The van der Waals surface area contributed by atoms with Gasteiger partial charge in [0.15, 0.2) is 0 Å². The molecule has 3 nitrogen and oxygen atoms in total. The van der Waals surface area contributed by atoms with Gasteiger partial charge < -0.3 is 11.1 Å². The molecule has 1 fully saturated rings. The van der Waals surface area contributed by atoms with Crippen LogP contribution in [0.25, 0.3) is 0 Å². The minimum absolute atomic E-state index is 0.152. The molecule has 4 N–H and O–H groups in total. The van der Waals surface area contributed by atoms with Gasteiger partial charge in [0.25, 0.3) is 0 Å². The smallest absolute Gasteiger partial charge is 0.0677 e. The van der Waals surface area contributed by atoms with Crippen LogP contribution < -0.4 is 16.4 Å². The zero-order chi connectivity index (χ0) is 5.98. The van der Waals surface area contributed by atoms with E-state index in [1.54, 1.807) is 0 Å². The van der Waals surface area contributed by atoms with Crippen LogP contribution in [0.15, 0.2) is 0 Å². The summed E-state index contributed by atoms with van der Waals surface area (Å²) in [5, 5.41) is 6.39. The maximum atomic E-state index is 5.55. The molecule has 0 aromatic heterocycles. The fourth-order valence-electron chi connectivity index (χ4n) is 0.939. The molecule has 0 aromatic carbocycles. The van der Waals surface area contributed by atoms with Gasteiger partial charge in [-0.1, -0.05) is 0 Å². The van der Waals surface area contributed by atoms with Gasteiger partial charge in [-0.05, 0) is 6.92 Å². The second kappa shape index (κ2) is 2.44. The Morgan fingerprint density at radius 2 is 2.25 bits per heavy atom. The Hall–Kier alpha value is -0.120. The van der Waals surface area contributed by atoms with E-state index in [0.29, 0.717) is 6.04 Å². The molecule has 0 amide bonds. The van der Waals surface area contributed by atoms with E-state index in [-0.39, 0.29) is 6.17 Å². The van der Waals surface area contributed by atoms with Crippen molar-refractivity contribution in [1.82, 2.24) is 10.6 Å². The summed E-state index contributed by atoms with van der Waals surface area (Å²) in [4.78, 5) is 0. The van der Waals surface area contributed by atoms with Gasteiger partial charge in [-0.25, -0.2) is 0 Å². The lowest BCUT2D eigenvalue weighted by atomic mass is 10.2. The molecule has 1 heterocycles. The lowest BCUT2D eigenvalue weighted by molar-refractivity contribution is 0.360. The van der Waals surface area contributed by atoms with Gasteiger partial charge in [-0.3, -0.25) is 5.32 Å². The summed E-state index contributed by atoms with van der Waals surface area (Å²) < 4.78 is 0. The molecule has 48 valence electrons. The molecule has 0 bridgehead atoms. The molecule has 0 spiro atoms. The van der Waals surface area contributed by atoms with Crippen LogP contribution in [-0.4, -0.2) is 25.3 Å². The first-order valence-corrected chi connectivity index (χ1v) is 3.01. The summed E-state index contributed by atoms with van der Waals surface area (Å²) in [5.41, 5.74) is 5.55. The minimum atomic E-state index is 0.152. The molecule has 0 saturated carbocycles. The predicted octanol–water partition coefficient (Wildman–Crippen LogP) is -1.15. The Morgan fingerprint density at radius 1 is 1.50 bits per heavy atom. The van der Waals surface area contributed by atoms with Crippen LogP contribution in [0.4, 0.5) is 0 Å². The molecular weight excluding hydrogens is 102 g/mol. The molecule has 0 radical (unpaired) electrons. The first-order valence-electron chi connectivity index (χ1n) is 3.01. The second-order valence-corrected chi connectivity index (χ2v) is 2.33. The molecule has 1 aliphatic heterocycles. The second-order valence-electron chi connectivity index (χ2n) is 2.33. The number of rotatable bonds is 0. The zero-order valence-corrected chi connectivity index (χ0v) is 5.15. The summed E-state index contributed by atoms with van der Waals surface area (Å²) in [5.74, 6) is 0. The summed E-state index contributed by atoms with van der Waals surface area (Å²) in [6, 6.07) is 0.527. The van der Waals surface area contributed by atoms with E-state index >= 15 is 0 Å². The van der Waals surface area contributed by atoms with Gasteiger partial charge >= 0.3 is 0 Å². The number of hydrogen-bond donors (Lipinski definition) is 3. The summed E-state index contributed by atoms with van der Waals surface area (Å²) in [6.45, 7) is 4.05. The average Bonchev–Trinajstić information content (AvgIpc) is 1.64. The van der Waals surface area contributed by atoms with Crippen molar-refractivity contribution in [2.45, 2.75) is 19.1 Å². The van der Waals surface area contributed by atoms with Crippen molar-refractivity contribution in [1.29, 1.82) is 0 Å². The maximum absolute atomic E-state index is 5.55. The van der Waals surface area contributed by atoms with Crippen molar-refractivity contribution in [3.05, 3.63) is 0 Å². The first kappa shape index (κ1) is 6.01. The van der Waals surface area contributed by atoms with E-state index in [0.717, 1.165) is 13.1 Å². The van der Waals surface area contributed by atoms with Crippen molar-refractivity contribution < 1.29 is 0 Å². The maximum Gasteiger partial charge on any atom is 0.0677 e. The molecule has 0 aliphatic carbocycles. The largest absolute Gasteiger partial charge is 0.315 e. The molecular formula is C5H13N3. The fourth-order valence-corrected chi connectivity index (χ4v) is 0.939. The zero-order valence-electron chi connectivity index (χ0n) is 5.15. The quantitative estimate of drug-likeness (QED) is 0.374. The van der Waals surface area contributed by atoms with Crippen LogP contribution in [-0.2, 0) is 0 Å². The van der Waals surface area contributed by atoms with Crippen LogP contribution in [0.1, 0.15) is 6.92 Å².